The molecule has 4 heteroatoms. The van der Waals surface area contributed by atoms with Crippen molar-refractivity contribution in [3.8, 4) is 11.5 Å². The highest BCUT2D eigenvalue weighted by Gasteiger charge is 2.32. The summed E-state index contributed by atoms with van der Waals surface area (Å²) in [6.07, 6.45) is 11.0. The molecule has 1 saturated heterocycles. The molecule has 4 rings (SSSR count). The molecule has 2 atom stereocenters. The van der Waals surface area contributed by atoms with Crippen molar-refractivity contribution in [2.45, 2.75) is 38.5 Å². The van der Waals surface area contributed by atoms with E-state index in [9.17, 15) is 4.79 Å². The topological polar surface area (TPSA) is 38.8 Å². The Balaban J connectivity index is 1.39. The van der Waals surface area contributed by atoms with Crippen LogP contribution >= 0.6 is 0 Å². The molecule has 1 amide bonds. The normalized spacial score (nSPS) is 26.2. The molecule has 0 bridgehead atoms. The maximum Gasteiger partial charge on any atom is 0.246 e. The van der Waals surface area contributed by atoms with Crippen molar-refractivity contribution < 1.29 is 14.3 Å². The van der Waals surface area contributed by atoms with E-state index in [0.29, 0.717) is 13.2 Å². The molecule has 1 aromatic carbocycles. The molecule has 2 fully saturated rings. The van der Waals surface area contributed by atoms with Gasteiger partial charge in [0.25, 0.3) is 0 Å². The second kappa shape index (κ2) is 7.51. The average Bonchev–Trinajstić information content (AvgIpc) is 2.90. The molecule has 1 aromatic rings. The number of fused-ring (bicyclic) bond motifs is 2. The standard InChI is InChI=1S/C21H27NO3/c23-21(22-11-10-17-4-1-2-5-18(17)15-22)9-7-16-6-8-19-20(14-16)25-13-3-12-24-19/h6-9,14,17-18H,1-5,10-13,15H2. The molecule has 2 unspecified atom stereocenters. The zero-order valence-electron chi connectivity index (χ0n) is 14.8. The molecule has 2 heterocycles. The van der Waals surface area contributed by atoms with Crippen LogP contribution in [-0.4, -0.2) is 37.1 Å². The molecule has 0 spiro atoms. The van der Waals surface area contributed by atoms with Crippen molar-refractivity contribution in [1.29, 1.82) is 0 Å². The molecule has 0 N–H and O–H groups in total. The van der Waals surface area contributed by atoms with Gasteiger partial charge in [-0.2, -0.15) is 0 Å². The Hall–Kier alpha value is -1.97. The highest BCUT2D eigenvalue weighted by molar-refractivity contribution is 5.92. The number of likely N-dealkylation sites (tertiary alicyclic amines) is 1. The van der Waals surface area contributed by atoms with Gasteiger partial charge in [-0.15, -0.1) is 0 Å². The molecular weight excluding hydrogens is 314 g/mol. The van der Waals surface area contributed by atoms with Crippen LogP contribution in [0.2, 0.25) is 0 Å². The average molecular weight is 341 g/mol. The van der Waals surface area contributed by atoms with Gasteiger partial charge in [-0.3, -0.25) is 4.79 Å². The lowest BCUT2D eigenvalue weighted by Gasteiger charge is -2.41. The Bertz CT molecular complexity index is 655. The Morgan fingerprint density at radius 3 is 2.68 bits per heavy atom. The minimum Gasteiger partial charge on any atom is -0.490 e. The number of piperidine rings is 1. The minimum atomic E-state index is 0.135. The van der Waals surface area contributed by atoms with Crippen LogP contribution in [0.25, 0.3) is 6.08 Å². The SMILES string of the molecule is O=C(C=Cc1ccc2c(c1)OCCCO2)N1CCC2CCCCC2C1. The fourth-order valence-electron chi connectivity index (χ4n) is 4.36. The number of amides is 1. The number of benzene rings is 1. The van der Waals surface area contributed by atoms with E-state index in [4.69, 9.17) is 9.47 Å². The maximum absolute atomic E-state index is 12.6. The number of nitrogens with zero attached hydrogens (tertiary/aromatic N) is 1. The van der Waals surface area contributed by atoms with Crippen molar-refractivity contribution >= 4 is 12.0 Å². The summed E-state index contributed by atoms with van der Waals surface area (Å²) in [4.78, 5) is 14.6. The third-order valence-corrected chi connectivity index (χ3v) is 5.79. The summed E-state index contributed by atoms with van der Waals surface area (Å²) in [7, 11) is 0. The first-order valence-electron chi connectivity index (χ1n) is 9.66. The summed E-state index contributed by atoms with van der Waals surface area (Å²) in [5, 5.41) is 0. The second-order valence-electron chi connectivity index (χ2n) is 7.47. The number of rotatable bonds is 2. The van der Waals surface area contributed by atoms with Gasteiger partial charge in [0.2, 0.25) is 5.91 Å². The van der Waals surface area contributed by atoms with Crippen molar-refractivity contribution in [3.63, 3.8) is 0 Å². The van der Waals surface area contributed by atoms with Gasteiger partial charge in [0.1, 0.15) is 0 Å². The van der Waals surface area contributed by atoms with Gasteiger partial charge in [-0.25, -0.2) is 0 Å². The Labute approximate surface area is 149 Å². The van der Waals surface area contributed by atoms with Crippen molar-refractivity contribution in [2.75, 3.05) is 26.3 Å². The number of ether oxygens (including phenoxy) is 2. The van der Waals surface area contributed by atoms with Gasteiger partial charge in [0, 0.05) is 25.6 Å². The largest absolute Gasteiger partial charge is 0.490 e. The van der Waals surface area contributed by atoms with Crippen LogP contribution in [-0.2, 0) is 4.79 Å². The summed E-state index contributed by atoms with van der Waals surface area (Å²) < 4.78 is 11.4. The monoisotopic (exact) mass is 341 g/mol. The quantitative estimate of drug-likeness (QED) is 0.766. The zero-order valence-corrected chi connectivity index (χ0v) is 14.8. The second-order valence-corrected chi connectivity index (χ2v) is 7.47. The van der Waals surface area contributed by atoms with Crippen LogP contribution in [0, 0.1) is 11.8 Å². The summed E-state index contributed by atoms with van der Waals surface area (Å²) in [6.45, 7) is 3.22. The third-order valence-electron chi connectivity index (χ3n) is 5.79. The van der Waals surface area contributed by atoms with Crippen LogP contribution in [0.5, 0.6) is 11.5 Å². The fraction of sp³-hybridized carbons (Fsp3) is 0.571. The highest BCUT2D eigenvalue weighted by atomic mass is 16.5. The molecule has 1 aliphatic carbocycles. The van der Waals surface area contributed by atoms with E-state index in [2.05, 4.69) is 0 Å². The molecule has 3 aliphatic rings. The predicted molar refractivity (Wildman–Crippen MR) is 97.7 cm³/mol. The van der Waals surface area contributed by atoms with Gasteiger partial charge in [0.15, 0.2) is 11.5 Å². The van der Waals surface area contributed by atoms with Gasteiger partial charge in [0.05, 0.1) is 13.2 Å². The summed E-state index contributed by atoms with van der Waals surface area (Å²) >= 11 is 0. The number of hydrogen-bond acceptors (Lipinski definition) is 3. The molecular formula is C21H27NO3. The van der Waals surface area contributed by atoms with Crippen LogP contribution in [0.3, 0.4) is 0 Å². The van der Waals surface area contributed by atoms with E-state index in [-0.39, 0.29) is 5.91 Å². The summed E-state index contributed by atoms with van der Waals surface area (Å²) in [5.74, 6) is 3.27. The van der Waals surface area contributed by atoms with Crippen LogP contribution in [0.15, 0.2) is 24.3 Å². The van der Waals surface area contributed by atoms with Gasteiger partial charge in [-0.05, 0) is 48.4 Å². The van der Waals surface area contributed by atoms with E-state index in [0.717, 1.165) is 48.4 Å². The van der Waals surface area contributed by atoms with E-state index in [1.165, 1.54) is 32.1 Å². The Morgan fingerprint density at radius 2 is 1.80 bits per heavy atom. The number of carbonyl (C=O) groups is 1. The summed E-state index contributed by atoms with van der Waals surface area (Å²) in [5.41, 5.74) is 0.977. The first-order chi connectivity index (χ1) is 12.3. The van der Waals surface area contributed by atoms with Crippen LogP contribution < -0.4 is 9.47 Å². The lowest BCUT2D eigenvalue weighted by atomic mass is 9.75. The van der Waals surface area contributed by atoms with E-state index in [1.54, 1.807) is 6.08 Å². The number of hydrogen-bond donors (Lipinski definition) is 0. The highest BCUT2D eigenvalue weighted by Crippen LogP contribution is 2.36. The minimum absolute atomic E-state index is 0.135. The van der Waals surface area contributed by atoms with Gasteiger partial charge in [-0.1, -0.05) is 25.3 Å². The lowest BCUT2D eigenvalue weighted by Crippen LogP contribution is -2.44. The van der Waals surface area contributed by atoms with E-state index in [1.807, 2.05) is 29.2 Å². The zero-order chi connectivity index (χ0) is 17.1. The van der Waals surface area contributed by atoms with E-state index >= 15 is 0 Å². The Kier molecular flexibility index (Phi) is 4.95. The molecule has 0 radical (unpaired) electrons. The first-order valence-corrected chi connectivity index (χ1v) is 9.66. The molecule has 1 saturated carbocycles. The van der Waals surface area contributed by atoms with Crippen LogP contribution in [0.4, 0.5) is 0 Å². The first kappa shape index (κ1) is 16.5. The Morgan fingerprint density at radius 1 is 1.00 bits per heavy atom. The van der Waals surface area contributed by atoms with Gasteiger partial charge >= 0.3 is 0 Å². The third kappa shape index (κ3) is 3.83. The molecule has 0 aromatic heterocycles. The smallest absolute Gasteiger partial charge is 0.246 e. The number of carbonyl (C=O) groups excluding carboxylic acids is 1. The van der Waals surface area contributed by atoms with Crippen molar-refractivity contribution in [2.24, 2.45) is 11.8 Å². The maximum atomic E-state index is 12.6. The van der Waals surface area contributed by atoms with Crippen molar-refractivity contribution in [3.05, 3.63) is 29.8 Å². The van der Waals surface area contributed by atoms with E-state index < -0.39 is 0 Å². The predicted octanol–water partition coefficient (Wildman–Crippen LogP) is 3.90. The molecule has 134 valence electrons. The summed E-state index contributed by atoms with van der Waals surface area (Å²) in [6, 6.07) is 5.86. The molecule has 4 nitrogen and oxygen atoms in total. The fourth-order valence-corrected chi connectivity index (χ4v) is 4.36. The molecule has 25 heavy (non-hydrogen) atoms. The molecule has 2 aliphatic heterocycles. The van der Waals surface area contributed by atoms with Crippen molar-refractivity contribution in [1.82, 2.24) is 4.90 Å². The van der Waals surface area contributed by atoms with Gasteiger partial charge < -0.3 is 14.4 Å². The van der Waals surface area contributed by atoms with Crippen LogP contribution in [0.1, 0.15) is 44.1 Å². The lowest BCUT2D eigenvalue weighted by molar-refractivity contribution is -0.128.